The van der Waals surface area contributed by atoms with Crippen LogP contribution < -0.4 is 5.73 Å². The van der Waals surface area contributed by atoms with Crippen LogP contribution in [0.4, 0.5) is 0 Å². The summed E-state index contributed by atoms with van der Waals surface area (Å²) in [5, 5.41) is 0. The van der Waals surface area contributed by atoms with E-state index in [9.17, 15) is 0 Å². The van der Waals surface area contributed by atoms with Crippen molar-refractivity contribution in [3.05, 3.63) is 28.5 Å². The van der Waals surface area contributed by atoms with Gasteiger partial charge in [0, 0.05) is 61.7 Å². The monoisotopic (exact) mass is 310 g/mol. The quantitative estimate of drug-likeness (QED) is 0.893. The summed E-state index contributed by atoms with van der Waals surface area (Å²) < 4.78 is 1.03. The van der Waals surface area contributed by atoms with E-state index in [1.807, 2.05) is 12.4 Å². The van der Waals surface area contributed by atoms with Crippen LogP contribution in [-0.2, 0) is 6.42 Å². The predicted molar refractivity (Wildman–Crippen MR) is 75.4 cm³/mol. The maximum Gasteiger partial charge on any atom is 0.0410 e. The molecule has 0 radical (unpaired) electrons. The van der Waals surface area contributed by atoms with Crippen molar-refractivity contribution in [2.24, 2.45) is 5.73 Å². The van der Waals surface area contributed by atoms with Crippen LogP contribution in [0, 0.1) is 0 Å². The summed E-state index contributed by atoms with van der Waals surface area (Å²) in [5.41, 5.74) is 7.62. The second kappa shape index (κ2) is 5.25. The maximum absolute atomic E-state index is 6.41. The molecule has 18 heavy (non-hydrogen) atoms. The normalized spacial score (nSPS) is 32.4. The second-order valence-corrected chi connectivity index (χ2v) is 6.20. The number of aromatic nitrogens is 1. The highest BCUT2D eigenvalue weighted by Gasteiger charge is 2.35. The third-order valence-electron chi connectivity index (χ3n) is 4.05. The van der Waals surface area contributed by atoms with Gasteiger partial charge in [0.15, 0.2) is 0 Å². The number of halogens is 1. The van der Waals surface area contributed by atoms with Crippen LogP contribution in [-0.4, -0.2) is 59.6 Å². The minimum Gasteiger partial charge on any atom is -0.326 e. The van der Waals surface area contributed by atoms with Gasteiger partial charge in [0.2, 0.25) is 0 Å². The van der Waals surface area contributed by atoms with Crippen molar-refractivity contribution < 1.29 is 0 Å². The number of hydrogen-bond acceptors (Lipinski definition) is 4. The van der Waals surface area contributed by atoms with Crippen LogP contribution in [0.2, 0.25) is 0 Å². The number of rotatable bonds is 3. The fourth-order valence-electron chi connectivity index (χ4n) is 3.04. The summed E-state index contributed by atoms with van der Waals surface area (Å²) in [6.45, 7) is 5.90. The molecule has 3 aliphatic rings. The minimum absolute atomic E-state index is 0.198. The van der Waals surface area contributed by atoms with Crippen LogP contribution in [0.3, 0.4) is 0 Å². The van der Waals surface area contributed by atoms with Crippen molar-refractivity contribution in [1.29, 1.82) is 0 Å². The third-order valence-corrected chi connectivity index (χ3v) is 4.48. The van der Waals surface area contributed by atoms with Gasteiger partial charge in [-0.3, -0.25) is 14.8 Å². The molecule has 1 aromatic heterocycles. The lowest BCUT2D eigenvalue weighted by Gasteiger charge is -2.49. The van der Waals surface area contributed by atoms with Crippen LogP contribution in [0.1, 0.15) is 5.56 Å². The Kier molecular flexibility index (Phi) is 3.66. The zero-order valence-electron chi connectivity index (χ0n) is 10.4. The molecule has 0 spiro atoms. The molecule has 3 saturated heterocycles. The van der Waals surface area contributed by atoms with Crippen LogP contribution in [0.15, 0.2) is 22.9 Å². The van der Waals surface area contributed by atoms with E-state index in [1.165, 1.54) is 31.7 Å². The standard InChI is InChI=1S/C13H19BrN4/c14-11-5-10(7-16-8-11)6-12(15)13-9-17-1-3-18(13)4-2-17/h5,7-8,12-13H,1-4,6,9,15H2. The Hall–Kier alpha value is -0.490. The molecular weight excluding hydrogens is 292 g/mol. The first-order valence-corrected chi connectivity index (χ1v) is 7.33. The average molecular weight is 311 g/mol. The van der Waals surface area contributed by atoms with Gasteiger partial charge < -0.3 is 5.73 Å². The highest BCUT2D eigenvalue weighted by Crippen LogP contribution is 2.20. The molecule has 3 aliphatic heterocycles. The Balaban J connectivity index is 1.66. The summed E-state index contributed by atoms with van der Waals surface area (Å²) in [6, 6.07) is 2.82. The van der Waals surface area contributed by atoms with E-state index < -0.39 is 0 Å². The highest BCUT2D eigenvalue weighted by atomic mass is 79.9. The Morgan fingerprint density at radius 3 is 2.72 bits per heavy atom. The first-order chi connectivity index (χ1) is 8.72. The van der Waals surface area contributed by atoms with E-state index in [1.54, 1.807) is 0 Å². The van der Waals surface area contributed by atoms with E-state index in [0.717, 1.165) is 17.4 Å². The molecule has 2 atom stereocenters. The molecule has 4 heterocycles. The summed E-state index contributed by atoms with van der Waals surface area (Å²) in [6.07, 6.45) is 4.63. The summed E-state index contributed by atoms with van der Waals surface area (Å²) in [5.74, 6) is 0. The molecule has 1 aromatic rings. The molecule has 2 unspecified atom stereocenters. The summed E-state index contributed by atoms with van der Waals surface area (Å²) in [7, 11) is 0. The summed E-state index contributed by atoms with van der Waals surface area (Å²) >= 11 is 3.46. The van der Waals surface area contributed by atoms with Crippen LogP contribution in [0.25, 0.3) is 0 Å². The number of nitrogens with zero attached hydrogens (tertiary/aromatic N) is 3. The van der Waals surface area contributed by atoms with Gasteiger partial charge in [-0.25, -0.2) is 0 Å². The fraction of sp³-hybridized carbons (Fsp3) is 0.615. The number of fused-ring (bicyclic) bond motifs is 3. The summed E-state index contributed by atoms with van der Waals surface area (Å²) in [4.78, 5) is 9.29. The number of hydrogen-bond donors (Lipinski definition) is 1. The van der Waals surface area contributed by atoms with Gasteiger partial charge in [-0.05, 0) is 34.0 Å². The zero-order chi connectivity index (χ0) is 12.5. The van der Waals surface area contributed by atoms with Crippen molar-refractivity contribution in [2.45, 2.75) is 18.5 Å². The number of piperazine rings is 3. The zero-order valence-corrected chi connectivity index (χ0v) is 12.0. The van der Waals surface area contributed by atoms with Gasteiger partial charge in [-0.1, -0.05) is 0 Å². The Morgan fingerprint density at radius 1 is 1.33 bits per heavy atom. The Labute approximate surface area is 116 Å². The van der Waals surface area contributed by atoms with E-state index in [2.05, 4.69) is 36.8 Å². The van der Waals surface area contributed by atoms with Gasteiger partial charge >= 0.3 is 0 Å². The first kappa shape index (κ1) is 12.5. The number of nitrogens with two attached hydrogens (primary N) is 1. The largest absolute Gasteiger partial charge is 0.326 e. The molecule has 0 aliphatic carbocycles. The molecule has 98 valence electrons. The van der Waals surface area contributed by atoms with Crippen LogP contribution in [0.5, 0.6) is 0 Å². The number of pyridine rings is 1. The molecule has 0 amide bonds. The van der Waals surface area contributed by atoms with E-state index >= 15 is 0 Å². The maximum atomic E-state index is 6.41. The lowest BCUT2D eigenvalue weighted by Crippen LogP contribution is -2.66. The van der Waals surface area contributed by atoms with Gasteiger partial charge in [-0.15, -0.1) is 0 Å². The minimum atomic E-state index is 0.198. The Bertz CT molecular complexity index is 417. The molecule has 3 fully saturated rings. The molecular formula is C13H19BrN4. The van der Waals surface area contributed by atoms with E-state index in [0.29, 0.717) is 6.04 Å². The van der Waals surface area contributed by atoms with Gasteiger partial charge in [0.05, 0.1) is 0 Å². The van der Waals surface area contributed by atoms with Crippen molar-refractivity contribution in [2.75, 3.05) is 32.7 Å². The molecule has 0 aromatic carbocycles. The topological polar surface area (TPSA) is 45.4 Å². The fourth-order valence-corrected chi connectivity index (χ4v) is 3.45. The highest BCUT2D eigenvalue weighted by molar-refractivity contribution is 9.10. The van der Waals surface area contributed by atoms with Crippen LogP contribution >= 0.6 is 15.9 Å². The smallest absolute Gasteiger partial charge is 0.0410 e. The average Bonchev–Trinajstić information content (AvgIpc) is 2.40. The van der Waals surface area contributed by atoms with Crippen molar-refractivity contribution in [1.82, 2.24) is 14.8 Å². The molecule has 2 bridgehead atoms. The van der Waals surface area contributed by atoms with Gasteiger partial charge in [0.1, 0.15) is 0 Å². The molecule has 4 nitrogen and oxygen atoms in total. The van der Waals surface area contributed by atoms with E-state index in [4.69, 9.17) is 5.73 Å². The lowest BCUT2D eigenvalue weighted by molar-refractivity contribution is 0.00257. The molecule has 2 N–H and O–H groups in total. The first-order valence-electron chi connectivity index (χ1n) is 6.54. The molecule has 4 rings (SSSR count). The SMILES string of the molecule is NC(Cc1cncc(Br)c1)C1CN2CCN1CC2. The molecule has 0 saturated carbocycles. The van der Waals surface area contributed by atoms with Crippen molar-refractivity contribution in [3.8, 4) is 0 Å². The third kappa shape index (κ3) is 2.59. The van der Waals surface area contributed by atoms with Gasteiger partial charge in [-0.2, -0.15) is 0 Å². The van der Waals surface area contributed by atoms with Crippen molar-refractivity contribution in [3.63, 3.8) is 0 Å². The molecule has 5 heteroatoms. The second-order valence-electron chi connectivity index (χ2n) is 5.28. The van der Waals surface area contributed by atoms with Crippen molar-refractivity contribution >= 4 is 15.9 Å². The van der Waals surface area contributed by atoms with E-state index in [-0.39, 0.29) is 6.04 Å². The Morgan fingerprint density at radius 2 is 2.11 bits per heavy atom. The lowest BCUT2D eigenvalue weighted by atomic mass is 9.96. The predicted octanol–water partition coefficient (Wildman–Crippen LogP) is 0.714. The van der Waals surface area contributed by atoms with Gasteiger partial charge in [0.25, 0.3) is 0 Å².